The van der Waals surface area contributed by atoms with Crippen LogP contribution in [0.15, 0.2) is 12.1 Å². The van der Waals surface area contributed by atoms with Crippen LogP contribution in [0.3, 0.4) is 0 Å². The smallest absolute Gasteiger partial charge is 0.161 e. The summed E-state index contributed by atoms with van der Waals surface area (Å²) in [6.07, 6.45) is 3.22. The fourth-order valence-electron chi connectivity index (χ4n) is 2.03. The van der Waals surface area contributed by atoms with Crippen molar-refractivity contribution < 1.29 is 9.47 Å². The second-order valence-corrected chi connectivity index (χ2v) is 4.63. The number of methoxy groups -OCH3 is 2. The predicted molar refractivity (Wildman–Crippen MR) is 79.1 cm³/mol. The molecule has 0 atom stereocenters. The molecule has 1 rings (SSSR count). The van der Waals surface area contributed by atoms with Crippen molar-refractivity contribution >= 4 is 0 Å². The first kappa shape index (κ1) is 15.8. The third-order valence-electron chi connectivity index (χ3n) is 3.22. The molecule has 19 heavy (non-hydrogen) atoms. The summed E-state index contributed by atoms with van der Waals surface area (Å²) >= 11 is 0. The largest absolute Gasteiger partial charge is 0.493 e. The molecule has 0 aliphatic carbocycles. The van der Waals surface area contributed by atoms with E-state index in [4.69, 9.17) is 15.2 Å². The standard InChI is InChI=1S/C15H26N2O2/c1-12-10-14(18-2)15(19-3)11-13(12)6-9-17-8-5-4-7-16/h10-11,17H,4-9,16H2,1-3H3. The molecule has 4 nitrogen and oxygen atoms in total. The highest BCUT2D eigenvalue weighted by atomic mass is 16.5. The highest BCUT2D eigenvalue weighted by Gasteiger charge is 2.08. The van der Waals surface area contributed by atoms with Crippen LogP contribution in [0.4, 0.5) is 0 Å². The maximum atomic E-state index is 5.46. The monoisotopic (exact) mass is 266 g/mol. The van der Waals surface area contributed by atoms with Gasteiger partial charge in [0.2, 0.25) is 0 Å². The molecule has 0 spiro atoms. The maximum Gasteiger partial charge on any atom is 0.161 e. The van der Waals surface area contributed by atoms with Gasteiger partial charge in [-0.25, -0.2) is 0 Å². The fraction of sp³-hybridized carbons (Fsp3) is 0.600. The summed E-state index contributed by atoms with van der Waals surface area (Å²) in [5.41, 5.74) is 7.99. The summed E-state index contributed by atoms with van der Waals surface area (Å²) in [5, 5.41) is 3.43. The number of ether oxygens (including phenoxy) is 2. The van der Waals surface area contributed by atoms with Crippen molar-refractivity contribution in [1.29, 1.82) is 0 Å². The van der Waals surface area contributed by atoms with Crippen LogP contribution in [-0.4, -0.2) is 33.9 Å². The van der Waals surface area contributed by atoms with Crippen molar-refractivity contribution in [3.8, 4) is 11.5 Å². The Morgan fingerprint density at radius 2 is 1.74 bits per heavy atom. The average molecular weight is 266 g/mol. The van der Waals surface area contributed by atoms with Gasteiger partial charge in [0.1, 0.15) is 0 Å². The zero-order valence-electron chi connectivity index (χ0n) is 12.3. The summed E-state index contributed by atoms with van der Waals surface area (Å²) < 4.78 is 10.6. The molecule has 0 heterocycles. The molecule has 0 aliphatic rings. The molecule has 0 saturated carbocycles. The summed E-state index contributed by atoms with van der Waals surface area (Å²) in [6.45, 7) is 4.88. The molecule has 4 heteroatoms. The second-order valence-electron chi connectivity index (χ2n) is 4.63. The maximum absolute atomic E-state index is 5.46. The summed E-state index contributed by atoms with van der Waals surface area (Å²) in [4.78, 5) is 0. The minimum atomic E-state index is 0.774. The quantitative estimate of drug-likeness (QED) is 0.670. The average Bonchev–Trinajstić information content (AvgIpc) is 2.43. The van der Waals surface area contributed by atoms with E-state index in [1.165, 1.54) is 11.1 Å². The zero-order valence-corrected chi connectivity index (χ0v) is 12.3. The number of rotatable bonds is 9. The van der Waals surface area contributed by atoms with Gasteiger partial charge >= 0.3 is 0 Å². The van der Waals surface area contributed by atoms with Gasteiger partial charge < -0.3 is 20.5 Å². The number of benzene rings is 1. The first-order valence-electron chi connectivity index (χ1n) is 6.85. The molecule has 0 amide bonds. The van der Waals surface area contributed by atoms with E-state index < -0.39 is 0 Å². The lowest BCUT2D eigenvalue weighted by molar-refractivity contribution is 0.354. The van der Waals surface area contributed by atoms with E-state index in [2.05, 4.69) is 18.3 Å². The molecular formula is C15H26N2O2. The normalized spacial score (nSPS) is 10.5. The molecule has 0 bridgehead atoms. The molecule has 0 aromatic heterocycles. The molecule has 0 aliphatic heterocycles. The summed E-state index contributed by atoms with van der Waals surface area (Å²) in [7, 11) is 3.33. The number of aryl methyl sites for hydroxylation is 1. The Morgan fingerprint density at radius 3 is 2.37 bits per heavy atom. The molecular weight excluding hydrogens is 240 g/mol. The molecule has 0 saturated heterocycles. The van der Waals surface area contributed by atoms with Gasteiger partial charge in [-0.1, -0.05) is 0 Å². The molecule has 0 radical (unpaired) electrons. The van der Waals surface area contributed by atoms with Crippen LogP contribution in [0, 0.1) is 6.92 Å². The lowest BCUT2D eigenvalue weighted by Crippen LogP contribution is -2.19. The van der Waals surface area contributed by atoms with Crippen LogP contribution in [0.1, 0.15) is 24.0 Å². The topological polar surface area (TPSA) is 56.5 Å². The van der Waals surface area contributed by atoms with Crippen molar-refractivity contribution in [2.24, 2.45) is 5.73 Å². The third-order valence-corrected chi connectivity index (χ3v) is 3.22. The Labute approximate surface area is 116 Å². The van der Waals surface area contributed by atoms with Crippen LogP contribution in [0.25, 0.3) is 0 Å². The van der Waals surface area contributed by atoms with Gasteiger partial charge in [0, 0.05) is 0 Å². The minimum absolute atomic E-state index is 0.774. The fourth-order valence-corrected chi connectivity index (χ4v) is 2.03. The van der Waals surface area contributed by atoms with Crippen LogP contribution in [-0.2, 0) is 6.42 Å². The van der Waals surface area contributed by atoms with Gasteiger partial charge in [-0.05, 0) is 69.1 Å². The molecule has 0 unspecified atom stereocenters. The van der Waals surface area contributed by atoms with E-state index >= 15 is 0 Å². The lowest BCUT2D eigenvalue weighted by atomic mass is 10.0. The van der Waals surface area contributed by atoms with E-state index in [-0.39, 0.29) is 0 Å². The predicted octanol–water partition coefficient (Wildman–Crippen LogP) is 1.88. The first-order valence-corrected chi connectivity index (χ1v) is 6.85. The van der Waals surface area contributed by atoms with E-state index in [1.807, 2.05) is 6.07 Å². The SMILES string of the molecule is COc1cc(C)c(CCNCCCCN)cc1OC. The number of hydrogen-bond acceptors (Lipinski definition) is 4. The molecule has 108 valence electrons. The van der Waals surface area contributed by atoms with Gasteiger partial charge in [-0.3, -0.25) is 0 Å². The van der Waals surface area contributed by atoms with Crippen molar-refractivity contribution in [3.63, 3.8) is 0 Å². The molecule has 1 aromatic carbocycles. The molecule has 1 aromatic rings. The van der Waals surface area contributed by atoms with Gasteiger partial charge in [-0.2, -0.15) is 0 Å². The van der Waals surface area contributed by atoms with E-state index in [0.29, 0.717) is 0 Å². The first-order chi connectivity index (χ1) is 9.22. The van der Waals surface area contributed by atoms with Crippen molar-refractivity contribution in [2.45, 2.75) is 26.2 Å². The highest BCUT2D eigenvalue weighted by Crippen LogP contribution is 2.30. The van der Waals surface area contributed by atoms with Crippen LogP contribution >= 0.6 is 0 Å². The van der Waals surface area contributed by atoms with E-state index in [9.17, 15) is 0 Å². The lowest BCUT2D eigenvalue weighted by Gasteiger charge is -2.13. The van der Waals surface area contributed by atoms with Gasteiger partial charge in [0.25, 0.3) is 0 Å². The van der Waals surface area contributed by atoms with Gasteiger partial charge in [-0.15, -0.1) is 0 Å². The Kier molecular flexibility index (Phi) is 7.30. The van der Waals surface area contributed by atoms with Crippen LogP contribution < -0.4 is 20.5 Å². The minimum Gasteiger partial charge on any atom is -0.493 e. The Balaban J connectivity index is 2.49. The van der Waals surface area contributed by atoms with Crippen LogP contribution in [0.5, 0.6) is 11.5 Å². The van der Waals surface area contributed by atoms with Crippen molar-refractivity contribution in [1.82, 2.24) is 5.32 Å². The van der Waals surface area contributed by atoms with Crippen molar-refractivity contribution in [3.05, 3.63) is 23.3 Å². The van der Waals surface area contributed by atoms with E-state index in [1.54, 1.807) is 14.2 Å². The summed E-state index contributed by atoms with van der Waals surface area (Å²) in [5.74, 6) is 1.59. The van der Waals surface area contributed by atoms with Crippen molar-refractivity contribution in [2.75, 3.05) is 33.9 Å². The number of unbranched alkanes of at least 4 members (excludes halogenated alkanes) is 1. The Hall–Kier alpha value is -1.26. The highest BCUT2D eigenvalue weighted by molar-refractivity contribution is 5.47. The number of hydrogen-bond donors (Lipinski definition) is 2. The van der Waals surface area contributed by atoms with Gasteiger partial charge in [0.05, 0.1) is 14.2 Å². The Bertz CT molecular complexity index is 381. The second kappa shape index (κ2) is 8.77. The molecule has 3 N–H and O–H groups in total. The molecule has 0 fully saturated rings. The third kappa shape index (κ3) is 5.09. The van der Waals surface area contributed by atoms with Gasteiger partial charge in [0.15, 0.2) is 11.5 Å². The summed E-state index contributed by atoms with van der Waals surface area (Å²) in [6, 6.07) is 4.10. The number of nitrogens with two attached hydrogens (primary N) is 1. The zero-order chi connectivity index (χ0) is 14.1. The van der Waals surface area contributed by atoms with Crippen LogP contribution in [0.2, 0.25) is 0 Å². The van der Waals surface area contributed by atoms with E-state index in [0.717, 1.165) is 50.4 Å². The number of nitrogens with one attached hydrogen (secondary N) is 1. The Morgan fingerprint density at radius 1 is 1.05 bits per heavy atom.